The maximum atomic E-state index is 11.8. The lowest BCUT2D eigenvalue weighted by molar-refractivity contribution is -0.384. The summed E-state index contributed by atoms with van der Waals surface area (Å²) in [7, 11) is 0. The second kappa shape index (κ2) is 9.13. The van der Waals surface area contributed by atoms with Crippen LogP contribution in [0.4, 0.5) is 11.4 Å². The van der Waals surface area contributed by atoms with Crippen molar-refractivity contribution in [3.8, 4) is 11.3 Å². The van der Waals surface area contributed by atoms with Crippen molar-refractivity contribution >= 4 is 46.1 Å². The molecule has 9 heteroatoms. The minimum Gasteiger partial charge on any atom is -0.455 e. The topological polar surface area (TPSA) is 110 Å². The fraction of sp³-hybridized carbons (Fsp3) is 0.0526. The molecule has 8 nitrogen and oxygen atoms in total. The van der Waals surface area contributed by atoms with Gasteiger partial charge in [-0.1, -0.05) is 0 Å². The van der Waals surface area contributed by atoms with Crippen molar-refractivity contribution in [1.82, 2.24) is 5.43 Å². The van der Waals surface area contributed by atoms with Crippen molar-refractivity contribution in [2.24, 2.45) is 5.10 Å². The Bertz CT molecular complexity index is 998. The summed E-state index contributed by atoms with van der Waals surface area (Å²) in [4.78, 5) is 22.0. The van der Waals surface area contributed by atoms with Gasteiger partial charge < -0.3 is 9.73 Å². The van der Waals surface area contributed by atoms with Crippen LogP contribution in [0.2, 0.25) is 0 Å². The average molecular weight is 490 g/mol. The number of furan rings is 1. The SMILES string of the molecule is O=C(CNc1ccc(I)cc1)N/N=C/c1ccc(-c2ccc([N+](=O)[O-])cc2)o1. The molecule has 0 bridgehead atoms. The number of hydrogen-bond acceptors (Lipinski definition) is 6. The van der Waals surface area contributed by atoms with Gasteiger partial charge in [0.15, 0.2) is 0 Å². The zero-order chi connectivity index (χ0) is 19.9. The van der Waals surface area contributed by atoms with Gasteiger partial charge in [-0.3, -0.25) is 14.9 Å². The van der Waals surface area contributed by atoms with Crippen LogP contribution in [-0.4, -0.2) is 23.6 Å². The van der Waals surface area contributed by atoms with Gasteiger partial charge in [0.2, 0.25) is 0 Å². The molecular weight excluding hydrogens is 475 g/mol. The molecule has 28 heavy (non-hydrogen) atoms. The number of halogens is 1. The molecule has 0 saturated carbocycles. The third-order valence-corrected chi connectivity index (χ3v) is 4.39. The molecular formula is C19H15IN4O4. The molecule has 0 radical (unpaired) electrons. The number of hydrogen-bond donors (Lipinski definition) is 2. The number of carbonyl (C=O) groups excluding carboxylic acids is 1. The molecule has 0 spiro atoms. The van der Waals surface area contributed by atoms with Gasteiger partial charge in [-0.2, -0.15) is 5.10 Å². The Balaban J connectivity index is 1.51. The monoisotopic (exact) mass is 490 g/mol. The lowest BCUT2D eigenvalue weighted by Crippen LogP contribution is -2.25. The van der Waals surface area contributed by atoms with Crippen LogP contribution in [0.25, 0.3) is 11.3 Å². The smallest absolute Gasteiger partial charge is 0.269 e. The van der Waals surface area contributed by atoms with E-state index in [0.717, 1.165) is 9.26 Å². The first-order valence-electron chi connectivity index (χ1n) is 8.17. The van der Waals surface area contributed by atoms with E-state index in [1.807, 2.05) is 24.3 Å². The lowest BCUT2D eigenvalue weighted by atomic mass is 10.1. The number of hydrazone groups is 1. The van der Waals surface area contributed by atoms with Crippen LogP contribution >= 0.6 is 22.6 Å². The van der Waals surface area contributed by atoms with Gasteiger partial charge in [-0.15, -0.1) is 0 Å². The molecule has 0 aliphatic heterocycles. The Morgan fingerprint density at radius 3 is 2.50 bits per heavy atom. The van der Waals surface area contributed by atoms with Gasteiger partial charge in [0, 0.05) is 27.0 Å². The number of benzene rings is 2. The summed E-state index contributed by atoms with van der Waals surface area (Å²) >= 11 is 2.21. The van der Waals surface area contributed by atoms with Crippen molar-refractivity contribution in [2.75, 3.05) is 11.9 Å². The molecule has 0 aliphatic rings. The van der Waals surface area contributed by atoms with E-state index in [2.05, 4.69) is 38.4 Å². The summed E-state index contributed by atoms with van der Waals surface area (Å²) < 4.78 is 6.72. The zero-order valence-electron chi connectivity index (χ0n) is 14.5. The molecule has 0 aliphatic carbocycles. The minimum absolute atomic E-state index is 0.0126. The molecule has 0 fully saturated rings. The molecule has 3 rings (SSSR count). The number of anilines is 1. The molecule has 0 unspecified atom stereocenters. The largest absolute Gasteiger partial charge is 0.455 e. The van der Waals surface area contributed by atoms with Gasteiger partial charge in [0.05, 0.1) is 17.7 Å². The Morgan fingerprint density at radius 1 is 1.11 bits per heavy atom. The van der Waals surface area contributed by atoms with Crippen LogP contribution in [0.5, 0.6) is 0 Å². The van der Waals surface area contributed by atoms with Crippen LogP contribution in [0.15, 0.2) is 70.2 Å². The van der Waals surface area contributed by atoms with Gasteiger partial charge in [0.25, 0.3) is 11.6 Å². The van der Waals surface area contributed by atoms with Gasteiger partial charge in [0.1, 0.15) is 11.5 Å². The summed E-state index contributed by atoms with van der Waals surface area (Å²) in [5.41, 5.74) is 3.98. The van der Waals surface area contributed by atoms with Crippen molar-refractivity contribution in [3.05, 3.63) is 80.1 Å². The summed E-state index contributed by atoms with van der Waals surface area (Å²) in [5.74, 6) is 0.694. The van der Waals surface area contributed by atoms with Crippen molar-refractivity contribution in [3.63, 3.8) is 0 Å². The quantitative estimate of drug-likeness (QED) is 0.225. The van der Waals surface area contributed by atoms with E-state index in [9.17, 15) is 14.9 Å². The molecule has 0 atom stereocenters. The van der Waals surface area contributed by atoms with E-state index in [4.69, 9.17) is 4.42 Å². The number of amides is 1. The number of nitrogens with one attached hydrogen (secondary N) is 2. The van der Waals surface area contributed by atoms with E-state index >= 15 is 0 Å². The fourth-order valence-corrected chi connectivity index (χ4v) is 2.64. The lowest BCUT2D eigenvalue weighted by Gasteiger charge is -2.04. The minimum atomic E-state index is -0.458. The predicted molar refractivity (Wildman–Crippen MR) is 114 cm³/mol. The van der Waals surface area contributed by atoms with Crippen molar-refractivity contribution < 1.29 is 14.1 Å². The molecule has 2 N–H and O–H groups in total. The van der Waals surface area contributed by atoms with Crippen molar-refractivity contribution in [1.29, 1.82) is 0 Å². The van der Waals surface area contributed by atoms with Crippen LogP contribution in [-0.2, 0) is 4.79 Å². The van der Waals surface area contributed by atoms with Gasteiger partial charge in [-0.05, 0) is 71.1 Å². The number of carbonyl (C=O) groups is 1. The fourth-order valence-electron chi connectivity index (χ4n) is 2.28. The first-order valence-corrected chi connectivity index (χ1v) is 9.25. The normalized spacial score (nSPS) is 10.8. The Morgan fingerprint density at radius 2 is 1.82 bits per heavy atom. The number of nitro benzene ring substituents is 1. The van der Waals surface area contributed by atoms with Crippen LogP contribution < -0.4 is 10.7 Å². The first-order chi connectivity index (χ1) is 13.5. The second-order valence-electron chi connectivity index (χ2n) is 5.66. The van der Waals surface area contributed by atoms with Crippen molar-refractivity contribution in [2.45, 2.75) is 0 Å². The second-order valence-corrected chi connectivity index (χ2v) is 6.91. The third-order valence-electron chi connectivity index (χ3n) is 3.67. The highest BCUT2D eigenvalue weighted by molar-refractivity contribution is 14.1. The Hall–Kier alpha value is -3.21. The summed E-state index contributed by atoms with van der Waals surface area (Å²) in [6, 6.07) is 17.1. The maximum Gasteiger partial charge on any atom is 0.269 e. The molecule has 2 aromatic carbocycles. The van der Waals surface area contributed by atoms with Gasteiger partial charge >= 0.3 is 0 Å². The highest BCUT2D eigenvalue weighted by Crippen LogP contribution is 2.24. The highest BCUT2D eigenvalue weighted by atomic mass is 127. The number of nitrogens with zero attached hydrogens (tertiary/aromatic N) is 2. The van der Waals surface area contributed by atoms with Crippen LogP contribution in [0.3, 0.4) is 0 Å². The van der Waals surface area contributed by atoms with E-state index in [0.29, 0.717) is 17.1 Å². The number of nitro groups is 1. The molecule has 1 amide bonds. The summed E-state index contributed by atoms with van der Waals surface area (Å²) in [6.07, 6.45) is 1.39. The standard InChI is InChI=1S/C19H15IN4O4/c20-14-3-5-15(6-4-14)21-12-19(25)23-22-11-17-9-10-18(28-17)13-1-7-16(8-2-13)24(26)27/h1-11,21H,12H2,(H,23,25)/b22-11+. The molecule has 0 saturated heterocycles. The molecule has 3 aromatic rings. The highest BCUT2D eigenvalue weighted by Gasteiger charge is 2.08. The van der Waals surface area contributed by atoms with Gasteiger partial charge in [-0.25, -0.2) is 5.43 Å². The van der Waals surface area contributed by atoms with E-state index in [1.54, 1.807) is 24.3 Å². The van der Waals surface area contributed by atoms with Crippen LogP contribution in [0, 0.1) is 13.7 Å². The zero-order valence-corrected chi connectivity index (χ0v) is 16.6. The maximum absolute atomic E-state index is 11.8. The Labute approximate surface area is 173 Å². The summed E-state index contributed by atoms with van der Waals surface area (Å²) in [5, 5.41) is 17.6. The first kappa shape index (κ1) is 19.5. The van der Waals surface area contributed by atoms with E-state index in [-0.39, 0.29) is 18.1 Å². The number of rotatable bonds is 7. The average Bonchev–Trinajstić information content (AvgIpc) is 3.16. The Kier molecular flexibility index (Phi) is 6.37. The molecule has 142 valence electrons. The predicted octanol–water partition coefficient (Wildman–Crippen LogP) is 4.02. The number of non-ortho nitro benzene ring substituents is 1. The van der Waals surface area contributed by atoms with E-state index < -0.39 is 4.92 Å². The van der Waals surface area contributed by atoms with Crippen LogP contribution in [0.1, 0.15) is 5.76 Å². The molecule has 1 aromatic heterocycles. The third kappa shape index (κ3) is 5.39. The van der Waals surface area contributed by atoms with E-state index in [1.165, 1.54) is 18.3 Å². The molecule has 1 heterocycles. The summed E-state index contributed by atoms with van der Waals surface area (Å²) in [6.45, 7) is 0.0874.